The van der Waals surface area contributed by atoms with Crippen molar-refractivity contribution in [2.75, 3.05) is 0 Å². The molecule has 0 unspecified atom stereocenters. The highest BCUT2D eigenvalue weighted by Gasteiger charge is 2.27. The number of unbranched alkanes of at least 4 members (excludes halogenated alkanes) is 14. The molecule has 25 heavy (non-hydrogen) atoms. The molecule has 0 amide bonds. The van der Waals surface area contributed by atoms with Crippen LogP contribution in [-0.4, -0.2) is 5.60 Å². The number of hydrogen-bond acceptors (Lipinski definition) is 0. The molecular formula is C24H49O. The van der Waals surface area contributed by atoms with E-state index in [4.69, 9.17) is 0 Å². The molecule has 0 bridgehead atoms. The van der Waals surface area contributed by atoms with Gasteiger partial charge in [-0.05, 0) is 19.3 Å². The summed E-state index contributed by atoms with van der Waals surface area (Å²) in [6.07, 6.45) is 24.8. The molecule has 151 valence electrons. The lowest BCUT2D eigenvalue weighted by Gasteiger charge is -2.26. The maximum Gasteiger partial charge on any atom is 0.104 e. The van der Waals surface area contributed by atoms with E-state index in [-0.39, 0.29) is 0 Å². The summed E-state index contributed by atoms with van der Waals surface area (Å²) in [6, 6.07) is 0. The zero-order valence-corrected chi connectivity index (χ0v) is 18.1. The van der Waals surface area contributed by atoms with Crippen LogP contribution in [0.25, 0.3) is 0 Å². The molecule has 1 heteroatoms. The molecule has 0 aliphatic rings. The highest BCUT2D eigenvalue weighted by Crippen LogP contribution is 2.29. The van der Waals surface area contributed by atoms with Gasteiger partial charge in [-0.3, -0.25) is 0 Å². The van der Waals surface area contributed by atoms with E-state index in [0.717, 1.165) is 38.5 Å². The quantitative estimate of drug-likeness (QED) is 0.194. The Bertz CT molecular complexity index is 232. The first-order chi connectivity index (χ1) is 12.2. The summed E-state index contributed by atoms with van der Waals surface area (Å²) in [4.78, 5) is 0. The van der Waals surface area contributed by atoms with Gasteiger partial charge in [-0.25, -0.2) is 5.11 Å². The highest BCUT2D eigenvalue weighted by molar-refractivity contribution is 4.78. The van der Waals surface area contributed by atoms with Crippen molar-refractivity contribution in [1.29, 1.82) is 0 Å². The van der Waals surface area contributed by atoms with Gasteiger partial charge in [-0.2, -0.15) is 0 Å². The Morgan fingerprint density at radius 2 is 0.640 bits per heavy atom. The predicted octanol–water partition coefficient (Wildman–Crippen LogP) is 9.02. The number of hydrogen-bond donors (Lipinski definition) is 0. The first-order valence-corrected chi connectivity index (χ1v) is 11.9. The van der Waals surface area contributed by atoms with E-state index in [0.29, 0.717) is 0 Å². The van der Waals surface area contributed by atoms with E-state index in [2.05, 4.69) is 20.8 Å². The highest BCUT2D eigenvalue weighted by atomic mass is 16.3. The lowest BCUT2D eigenvalue weighted by molar-refractivity contribution is -0.0558. The average molecular weight is 354 g/mol. The summed E-state index contributed by atoms with van der Waals surface area (Å²) >= 11 is 0. The molecule has 1 radical (unpaired) electrons. The van der Waals surface area contributed by atoms with Gasteiger partial charge in [0, 0.05) is 0 Å². The minimum atomic E-state index is -0.609. The van der Waals surface area contributed by atoms with Crippen LogP contribution >= 0.6 is 0 Å². The van der Waals surface area contributed by atoms with Crippen molar-refractivity contribution < 1.29 is 5.11 Å². The fourth-order valence-electron chi connectivity index (χ4n) is 3.88. The van der Waals surface area contributed by atoms with Crippen molar-refractivity contribution in [2.45, 2.75) is 155 Å². The van der Waals surface area contributed by atoms with Crippen LogP contribution in [0.3, 0.4) is 0 Å². The molecule has 1 nitrogen and oxygen atoms in total. The maximum atomic E-state index is 13.3. The van der Waals surface area contributed by atoms with E-state index in [1.807, 2.05) is 0 Å². The molecule has 0 heterocycles. The Morgan fingerprint density at radius 1 is 0.400 bits per heavy atom. The Kier molecular flexibility index (Phi) is 18.7. The Balaban J connectivity index is 4.01. The fourth-order valence-corrected chi connectivity index (χ4v) is 3.88. The van der Waals surface area contributed by atoms with E-state index in [9.17, 15) is 5.11 Å². The summed E-state index contributed by atoms with van der Waals surface area (Å²) in [5.41, 5.74) is -0.609. The number of rotatable bonds is 20. The van der Waals surface area contributed by atoms with Gasteiger partial charge in [0.05, 0.1) is 0 Å². The van der Waals surface area contributed by atoms with Gasteiger partial charge in [0.25, 0.3) is 0 Å². The zero-order chi connectivity index (χ0) is 18.6. The van der Waals surface area contributed by atoms with Crippen molar-refractivity contribution in [2.24, 2.45) is 0 Å². The van der Waals surface area contributed by atoms with Gasteiger partial charge >= 0.3 is 0 Å². The Labute approximate surface area is 160 Å². The van der Waals surface area contributed by atoms with Crippen molar-refractivity contribution >= 4 is 0 Å². The molecule has 0 aromatic heterocycles. The predicted molar refractivity (Wildman–Crippen MR) is 113 cm³/mol. The molecule has 0 aliphatic carbocycles. The molecule has 0 saturated heterocycles. The fraction of sp³-hybridized carbons (Fsp3) is 1.00. The second-order valence-electron chi connectivity index (χ2n) is 8.38. The smallest absolute Gasteiger partial charge is 0.104 e. The summed E-state index contributed by atoms with van der Waals surface area (Å²) in [6.45, 7) is 6.79. The minimum Gasteiger partial charge on any atom is -0.229 e. The van der Waals surface area contributed by atoms with Crippen LogP contribution in [0.15, 0.2) is 0 Å². The van der Waals surface area contributed by atoms with Gasteiger partial charge in [0.1, 0.15) is 5.60 Å². The van der Waals surface area contributed by atoms with Crippen LogP contribution in [0.5, 0.6) is 0 Å². The van der Waals surface area contributed by atoms with Gasteiger partial charge in [-0.15, -0.1) is 0 Å². The molecule has 0 aliphatic heterocycles. The summed E-state index contributed by atoms with van der Waals surface area (Å²) in [7, 11) is 0. The lowest BCUT2D eigenvalue weighted by atomic mass is 9.85. The molecule has 0 N–H and O–H groups in total. The second kappa shape index (κ2) is 18.7. The van der Waals surface area contributed by atoms with Gasteiger partial charge in [0.15, 0.2) is 0 Å². The molecule has 0 atom stereocenters. The van der Waals surface area contributed by atoms with Crippen molar-refractivity contribution in [3.8, 4) is 0 Å². The largest absolute Gasteiger partial charge is 0.229 e. The molecule has 0 saturated carbocycles. The summed E-state index contributed by atoms with van der Waals surface area (Å²) in [5.74, 6) is 0. The van der Waals surface area contributed by atoms with Crippen molar-refractivity contribution in [3.05, 3.63) is 0 Å². The Morgan fingerprint density at radius 3 is 0.920 bits per heavy atom. The van der Waals surface area contributed by atoms with Crippen LogP contribution < -0.4 is 0 Å². The first-order valence-electron chi connectivity index (χ1n) is 11.9. The minimum absolute atomic E-state index is 0.609. The van der Waals surface area contributed by atoms with Crippen LogP contribution in [0.4, 0.5) is 0 Å². The SMILES string of the molecule is CCCCCCCCC([O])(CCCCCCC)CCCCCCCC. The van der Waals surface area contributed by atoms with Gasteiger partial charge in [-0.1, -0.05) is 130 Å². The second-order valence-corrected chi connectivity index (χ2v) is 8.38. The summed E-state index contributed by atoms with van der Waals surface area (Å²) < 4.78 is 0. The normalized spacial score (nSPS) is 12.0. The monoisotopic (exact) mass is 353 g/mol. The van der Waals surface area contributed by atoms with Crippen molar-refractivity contribution in [1.82, 2.24) is 0 Å². The van der Waals surface area contributed by atoms with Gasteiger partial charge in [0.2, 0.25) is 0 Å². The first kappa shape index (κ1) is 25.0. The third-order valence-corrected chi connectivity index (χ3v) is 5.71. The molecule has 0 rings (SSSR count). The van der Waals surface area contributed by atoms with Crippen LogP contribution in [0.1, 0.15) is 149 Å². The molecule has 0 spiro atoms. The topological polar surface area (TPSA) is 19.9 Å². The maximum absolute atomic E-state index is 13.3. The molecule has 0 aromatic rings. The van der Waals surface area contributed by atoms with E-state index >= 15 is 0 Å². The lowest BCUT2D eigenvalue weighted by Crippen LogP contribution is -2.27. The molecular weight excluding hydrogens is 304 g/mol. The van der Waals surface area contributed by atoms with Crippen LogP contribution in [-0.2, 0) is 5.11 Å². The van der Waals surface area contributed by atoms with Crippen molar-refractivity contribution in [3.63, 3.8) is 0 Å². The Hall–Kier alpha value is -0.0400. The van der Waals surface area contributed by atoms with Crippen LogP contribution in [0, 0.1) is 0 Å². The third kappa shape index (κ3) is 17.1. The molecule has 0 aromatic carbocycles. The average Bonchev–Trinajstić information content (AvgIpc) is 2.61. The zero-order valence-electron chi connectivity index (χ0n) is 18.1. The third-order valence-electron chi connectivity index (χ3n) is 5.71. The van der Waals surface area contributed by atoms with E-state index in [1.165, 1.54) is 89.9 Å². The standard InChI is InChI=1S/C24H49O/c1-4-7-10-13-16-19-22-24(25,21-18-15-12-9-6-3)23-20-17-14-11-8-5-2/h4-23H2,1-3H3. The van der Waals surface area contributed by atoms with Crippen LogP contribution in [0.2, 0.25) is 0 Å². The summed E-state index contributed by atoms with van der Waals surface area (Å²) in [5, 5.41) is 13.3. The molecule has 0 fully saturated rings. The van der Waals surface area contributed by atoms with Gasteiger partial charge < -0.3 is 0 Å². The van der Waals surface area contributed by atoms with E-state index in [1.54, 1.807) is 0 Å². The van der Waals surface area contributed by atoms with E-state index < -0.39 is 5.60 Å².